The molecule has 0 unspecified atom stereocenters. The van der Waals surface area contributed by atoms with Gasteiger partial charge in [-0.3, -0.25) is 19.9 Å². The van der Waals surface area contributed by atoms with Crippen LogP contribution in [0.15, 0.2) is 91.1 Å². The van der Waals surface area contributed by atoms with Gasteiger partial charge in [-0.1, -0.05) is 72.8 Å². The maximum Gasteiger partial charge on any atom is 0.434 e. The molecular weight excluding hydrogens is 533 g/mol. The molecule has 0 saturated carbocycles. The van der Waals surface area contributed by atoms with Gasteiger partial charge in [0.2, 0.25) is 0 Å². The standard InChI is InChI=1S/C30H25F3N6O2/c31-30(32,33)24-18-37-14-15-38(19-25(37)35-24)26(40)21-9-7-8-20(16-21)17-39-27(41)29(36-28(39)34,22-10-3-1-4-11-22)23-12-5-2-6-13-23/h1-13,16,18H,14-15,17,19H2,(H2,34,36). The molecular formula is C30H25F3N6O2. The van der Waals surface area contributed by atoms with Crippen LogP contribution in [0.1, 0.15) is 38.6 Å². The zero-order valence-corrected chi connectivity index (χ0v) is 21.7. The minimum Gasteiger partial charge on any atom is -0.334 e. The van der Waals surface area contributed by atoms with E-state index in [1.807, 2.05) is 60.7 Å². The number of carbonyl (C=O) groups excluding carboxylic acids is 2. The second-order valence-corrected chi connectivity index (χ2v) is 10.0. The third kappa shape index (κ3) is 4.62. The molecule has 2 amide bonds. The number of hydrogen-bond donors (Lipinski definition) is 2. The van der Waals surface area contributed by atoms with Crippen LogP contribution in [-0.4, -0.2) is 43.7 Å². The zero-order valence-electron chi connectivity index (χ0n) is 21.7. The summed E-state index contributed by atoms with van der Waals surface area (Å²) in [5, 5.41) is 11.8. The first-order valence-corrected chi connectivity index (χ1v) is 13.0. The van der Waals surface area contributed by atoms with Crippen molar-refractivity contribution in [3.8, 4) is 0 Å². The minimum absolute atomic E-state index is 0.0466. The lowest BCUT2D eigenvalue weighted by Gasteiger charge is -2.28. The molecule has 8 nitrogen and oxygen atoms in total. The number of benzene rings is 3. The number of imidazole rings is 1. The van der Waals surface area contributed by atoms with Gasteiger partial charge >= 0.3 is 6.18 Å². The molecule has 0 aliphatic carbocycles. The molecule has 1 saturated heterocycles. The number of nitrogens with zero attached hydrogens (tertiary/aromatic N) is 4. The topological polar surface area (TPSA) is 94.3 Å². The first-order chi connectivity index (χ1) is 19.7. The fourth-order valence-corrected chi connectivity index (χ4v) is 5.42. The van der Waals surface area contributed by atoms with Crippen LogP contribution in [0.25, 0.3) is 0 Å². The molecule has 0 radical (unpaired) electrons. The fourth-order valence-electron chi connectivity index (χ4n) is 5.42. The highest BCUT2D eigenvalue weighted by Gasteiger charge is 2.52. The number of halogens is 3. The van der Waals surface area contributed by atoms with Crippen LogP contribution in [0, 0.1) is 5.41 Å². The van der Waals surface area contributed by atoms with Crippen molar-refractivity contribution in [2.24, 2.45) is 0 Å². The summed E-state index contributed by atoms with van der Waals surface area (Å²) in [4.78, 5) is 33.9. The van der Waals surface area contributed by atoms with Gasteiger partial charge in [-0.25, -0.2) is 4.98 Å². The highest BCUT2D eigenvalue weighted by molar-refractivity contribution is 6.10. The van der Waals surface area contributed by atoms with E-state index in [9.17, 15) is 22.8 Å². The van der Waals surface area contributed by atoms with Crippen LogP contribution >= 0.6 is 0 Å². The number of alkyl halides is 3. The van der Waals surface area contributed by atoms with Crippen LogP contribution in [0.5, 0.6) is 0 Å². The summed E-state index contributed by atoms with van der Waals surface area (Å²) in [7, 11) is 0. The Kier molecular flexibility index (Phi) is 6.36. The van der Waals surface area contributed by atoms with E-state index in [-0.39, 0.29) is 49.8 Å². The molecule has 0 spiro atoms. The number of hydrogen-bond acceptors (Lipinski definition) is 4. The van der Waals surface area contributed by atoms with Gasteiger partial charge in [-0.2, -0.15) is 13.2 Å². The maximum absolute atomic E-state index is 14.1. The Morgan fingerprint density at radius 2 is 1.61 bits per heavy atom. The summed E-state index contributed by atoms with van der Waals surface area (Å²) >= 11 is 0. The monoisotopic (exact) mass is 558 g/mol. The number of amides is 2. The van der Waals surface area contributed by atoms with Crippen molar-refractivity contribution in [1.82, 2.24) is 24.7 Å². The lowest BCUT2D eigenvalue weighted by atomic mass is 9.82. The number of nitrogens with one attached hydrogen (secondary N) is 2. The van der Waals surface area contributed by atoms with Crippen molar-refractivity contribution in [3.63, 3.8) is 0 Å². The largest absolute Gasteiger partial charge is 0.434 e. The number of carbonyl (C=O) groups is 2. The molecule has 4 aromatic rings. The van der Waals surface area contributed by atoms with Crippen molar-refractivity contribution in [3.05, 3.63) is 125 Å². The van der Waals surface area contributed by atoms with Gasteiger partial charge in [-0.05, 0) is 28.8 Å². The van der Waals surface area contributed by atoms with Crippen LogP contribution < -0.4 is 5.32 Å². The van der Waals surface area contributed by atoms with Crippen molar-refractivity contribution < 1.29 is 22.8 Å². The molecule has 1 fully saturated rings. The van der Waals surface area contributed by atoms with Crippen molar-refractivity contribution in [2.75, 3.05) is 6.54 Å². The van der Waals surface area contributed by atoms with Crippen molar-refractivity contribution in [1.29, 1.82) is 5.41 Å². The average Bonchev–Trinajstić information content (AvgIpc) is 3.53. The van der Waals surface area contributed by atoms with E-state index in [0.717, 1.165) is 6.20 Å². The molecule has 3 heterocycles. The first kappa shape index (κ1) is 26.3. The predicted octanol–water partition coefficient (Wildman–Crippen LogP) is 4.37. The molecule has 0 bridgehead atoms. The van der Waals surface area contributed by atoms with Gasteiger partial charge in [0.1, 0.15) is 5.82 Å². The van der Waals surface area contributed by atoms with Crippen molar-refractivity contribution in [2.45, 2.75) is 31.3 Å². The van der Waals surface area contributed by atoms with Crippen LogP contribution in [-0.2, 0) is 36.1 Å². The van der Waals surface area contributed by atoms with Gasteiger partial charge in [0.05, 0.1) is 13.1 Å². The van der Waals surface area contributed by atoms with Gasteiger partial charge in [0.15, 0.2) is 17.2 Å². The van der Waals surface area contributed by atoms with E-state index in [4.69, 9.17) is 5.41 Å². The third-order valence-corrected chi connectivity index (χ3v) is 7.45. The molecule has 2 N–H and O–H groups in total. The molecule has 2 aliphatic rings. The van der Waals surface area contributed by atoms with Crippen LogP contribution in [0.2, 0.25) is 0 Å². The molecule has 3 aromatic carbocycles. The van der Waals surface area contributed by atoms with E-state index in [1.54, 1.807) is 24.3 Å². The summed E-state index contributed by atoms with van der Waals surface area (Å²) < 4.78 is 40.7. The molecule has 11 heteroatoms. The second-order valence-electron chi connectivity index (χ2n) is 10.0. The van der Waals surface area contributed by atoms with Crippen molar-refractivity contribution >= 4 is 17.8 Å². The lowest BCUT2D eigenvalue weighted by molar-refractivity contribution is -0.141. The zero-order chi connectivity index (χ0) is 28.8. The Labute approximate surface area is 233 Å². The Hall–Kier alpha value is -4.93. The Morgan fingerprint density at radius 3 is 2.24 bits per heavy atom. The minimum atomic E-state index is -4.55. The van der Waals surface area contributed by atoms with E-state index >= 15 is 0 Å². The predicted molar refractivity (Wildman–Crippen MR) is 143 cm³/mol. The molecule has 208 valence electrons. The molecule has 41 heavy (non-hydrogen) atoms. The smallest absolute Gasteiger partial charge is 0.334 e. The summed E-state index contributed by atoms with van der Waals surface area (Å²) in [6.45, 7) is 0.442. The summed E-state index contributed by atoms with van der Waals surface area (Å²) in [5.74, 6) is -0.560. The van der Waals surface area contributed by atoms with E-state index < -0.39 is 17.4 Å². The molecule has 0 atom stereocenters. The number of guanidine groups is 1. The van der Waals surface area contributed by atoms with E-state index in [2.05, 4.69) is 10.3 Å². The maximum atomic E-state index is 14.1. The second kappa shape index (κ2) is 9.92. The molecule has 6 rings (SSSR count). The highest BCUT2D eigenvalue weighted by atomic mass is 19.4. The first-order valence-electron chi connectivity index (χ1n) is 13.0. The average molecular weight is 559 g/mol. The number of aromatic nitrogens is 2. The normalized spacial score (nSPS) is 16.5. The fraction of sp³-hybridized carbons (Fsp3) is 0.200. The van der Waals surface area contributed by atoms with Gasteiger partial charge < -0.3 is 14.8 Å². The lowest BCUT2D eigenvalue weighted by Crippen LogP contribution is -2.45. The third-order valence-electron chi connectivity index (χ3n) is 7.45. The highest BCUT2D eigenvalue weighted by Crippen LogP contribution is 2.36. The SMILES string of the molecule is N=C1NC(c2ccccc2)(c2ccccc2)C(=O)N1Cc1cccc(C(=O)N2CCn3cc(C(F)(F)F)nc3C2)c1. The Balaban J connectivity index is 1.24. The summed E-state index contributed by atoms with van der Waals surface area (Å²) in [5.41, 5.74) is 0.108. The summed E-state index contributed by atoms with van der Waals surface area (Å²) in [6.07, 6.45) is -3.58. The van der Waals surface area contributed by atoms with E-state index in [0.29, 0.717) is 22.3 Å². The molecule has 2 aliphatic heterocycles. The Morgan fingerprint density at radius 1 is 0.951 bits per heavy atom. The van der Waals surface area contributed by atoms with E-state index in [1.165, 1.54) is 14.4 Å². The van der Waals surface area contributed by atoms with Crippen LogP contribution in [0.3, 0.4) is 0 Å². The van der Waals surface area contributed by atoms with Gasteiger partial charge in [-0.15, -0.1) is 0 Å². The Bertz CT molecular complexity index is 1600. The quantitative estimate of drug-likeness (QED) is 0.381. The summed E-state index contributed by atoms with van der Waals surface area (Å²) in [6, 6.07) is 25.2. The number of fused-ring (bicyclic) bond motifs is 1. The number of rotatable bonds is 5. The van der Waals surface area contributed by atoms with Gasteiger partial charge in [0.25, 0.3) is 11.8 Å². The van der Waals surface area contributed by atoms with Gasteiger partial charge in [0, 0.05) is 24.8 Å². The van der Waals surface area contributed by atoms with Crippen LogP contribution in [0.4, 0.5) is 13.2 Å². The molecule has 1 aromatic heterocycles.